The Morgan fingerprint density at radius 1 is 1.06 bits per heavy atom. The van der Waals surface area contributed by atoms with Crippen molar-refractivity contribution < 1.29 is 23.5 Å². The second-order valence-electron chi connectivity index (χ2n) is 7.02. The second-order valence-corrected chi connectivity index (χ2v) is 8.03. The van der Waals surface area contributed by atoms with Crippen LogP contribution in [0.15, 0.2) is 75.0 Å². The molecule has 1 saturated heterocycles. The lowest BCUT2D eigenvalue weighted by molar-refractivity contribution is -0.122. The van der Waals surface area contributed by atoms with Crippen LogP contribution in [0.4, 0.5) is 5.69 Å². The molecule has 2 aromatic carbocycles. The molecule has 1 amide bonds. The number of amidine groups is 1. The molecular weight excluding hydrogens is 440 g/mol. The van der Waals surface area contributed by atoms with E-state index < -0.39 is 5.97 Å². The first-order valence-electron chi connectivity index (χ1n) is 10.2. The largest absolute Gasteiger partial charge is 0.497 e. The number of furan rings is 1. The fraction of sp³-hybridized carbons (Fsp3) is 0.160. The highest BCUT2D eigenvalue weighted by molar-refractivity contribution is 8.18. The molecule has 0 bridgehead atoms. The van der Waals surface area contributed by atoms with Crippen LogP contribution in [-0.2, 0) is 9.53 Å². The van der Waals surface area contributed by atoms with Gasteiger partial charge in [-0.1, -0.05) is 12.1 Å². The highest BCUT2D eigenvalue weighted by atomic mass is 32.2. The second kappa shape index (κ2) is 9.79. The molecule has 8 heteroatoms. The summed E-state index contributed by atoms with van der Waals surface area (Å²) in [6, 6.07) is 17.9. The number of nitrogens with zero attached hydrogens (tertiary/aromatic N) is 2. The van der Waals surface area contributed by atoms with Gasteiger partial charge in [-0.05, 0) is 67.2 Å². The molecule has 1 fully saturated rings. The number of carbonyl (C=O) groups excluding carboxylic acids is 2. The Bertz CT molecular complexity index is 1230. The molecule has 1 aliphatic heterocycles. The van der Waals surface area contributed by atoms with E-state index in [2.05, 4.69) is 4.99 Å². The van der Waals surface area contributed by atoms with Crippen molar-refractivity contribution in [3.63, 3.8) is 0 Å². The summed E-state index contributed by atoms with van der Waals surface area (Å²) in [5, 5.41) is 0.615. The van der Waals surface area contributed by atoms with E-state index in [-0.39, 0.29) is 5.91 Å². The summed E-state index contributed by atoms with van der Waals surface area (Å²) in [6.07, 6.45) is 1.72. The van der Waals surface area contributed by atoms with Gasteiger partial charge in [0, 0.05) is 18.2 Å². The number of hydrogen-bond donors (Lipinski definition) is 0. The number of rotatable bonds is 6. The van der Waals surface area contributed by atoms with Crippen molar-refractivity contribution in [1.82, 2.24) is 4.90 Å². The summed E-state index contributed by atoms with van der Waals surface area (Å²) in [6.45, 7) is 2.42. The molecule has 0 N–H and O–H groups in total. The molecular formula is C25H22N2O5S. The summed E-state index contributed by atoms with van der Waals surface area (Å²) in [7, 11) is 2.96. The van der Waals surface area contributed by atoms with Gasteiger partial charge in [0.05, 0.1) is 30.4 Å². The Balaban J connectivity index is 1.55. The summed E-state index contributed by atoms with van der Waals surface area (Å²) in [5.41, 5.74) is 2.02. The molecule has 3 aromatic rings. The average molecular weight is 463 g/mol. The van der Waals surface area contributed by atoms with Gasteiger partial charge in [0.15, 0.2) is 5.17 Å². The first-order valence-corrected chi connectivity index (χ1v) is 11.1. The van der Waals surface area contributed by atoms with Crippen LogP contribution in [0.5, 0.6) is 5.75 Å². The molecule has 168 valence electrons. The number of thioether (sulfide) groups is 1. The Morgan fingerprint density at radius 2 is 1.79 bits per heavy atom. The van der Waals surface area contributed by atoms with E-state index in [4.69, 9.17) is 13.9 Å². The Hall–Kier alpha value is -3.78. The lowest BCUT2D eigenvalue weighted by Crippen LogP contribution is -2.28. The van der Waals surface area contributed by atoms with E-state index in [1.807, 2.05) is 37.3 Å². The van der Waals surface area contributed by atoms with Gasteiger partial charge in [-0.25, -0.2) is 9.79 Å². The maximum Gasteiger partial charge on any atom is 0.337 e. The maximum absolute atomic E-state index is 12.9. The van der Waals surface area contributed by atoms with E-state index in [1.54, 1.807) is 48.4 Å². The molecule has 1 aromatic heterocycles. The minimum Gasteiger partial charge on any atom is -0.497 e. The maximum atomic E-state index is 12.9. The average Bonchev–Trinajstić information content (AvgIpc) is 3.43. The normalized spacial score (nSPS) is 16.0. The summed E-state index contributed by atoms with van der Waals surface area (Å²) in [5.74, 6) is 1.43. The van der Waals surface area contributed by atoms with Gasteiger partial charge in [0.2, 0.25) is 0 Å². The minimum absolute atomic E-state index is 0.116. The number of amides is 1. The molecule has 0 saturated carbocycles. The van der Waals surface area contributed by atoms with Crippen LogP contribution < -0.4 is 4.74 Å². The minimum atomic E-state index is -0.393. The third-order valence-electron chi connectivity index (χ3n) is 4.99. The molecule has 1 aliphatic rings. The van der Waals surface area contributed by atoms with Crippen molar-refractivity contribution in [3.05, 3.63) is 76.9 Å². The van der Waals surface area contributed by atoms with E-state index in [9.17, 15) is 9.59 Å². The standard InChI is InChI=1S/C25H22N2O5S/c1-4-27-23(28)22(33-25(27)26-18-9-11-19(30-2)12-10-18)15-20-13-14-21(32-20)16-5-7-17(8-6-16)24(29)31-3/h5-15H,4H2,1-3H3/b22-15+,26-25?. The summed E-state index contributed by atoms with van der Waals surface area (Å²) >= 11 is 1.31. The third kappa shape index (κ3) is 4.85. The number of hydrogen-bond acceptors (Lipinski definition) is 7. The van der Waals surface area contributed by atoms with E-state index in [0.717, 1.165) is 17.0 Å². The predicted octanol–water partition coefficient (Wildman–Crippen LogP) is 5.37. The van der Waals surface area contributed by atoms with Crippen LogP contribution >= 0.6 is 11.8 Å². The highest BCUT2D eigenvalue weighted by Crippen LogP contribution is 2.35. The molecule has 0 atom stereocenters. The first-order chi connectivity index (χ1) is 16.0. The molecule has 0 radical (unpaired) electrons. The number of carbonyl (C=O) groups is 2. The molecule has 7 nitrogen and oxygen atoms in total. The fourth-order valence-electron chi connectivity index (χ4n) is 3.24. The van der Waals surface area contributed by atoms with Gasteiger partial charge < -0.3 is 13.9 Å². The zero-order valence-electron chi connectivity index (χ0n) is 18.4. The van der Waals surface area contributed by atoms with Crippen molar-refractivity contribution >= 4 is 40.6 Å². The zero-order chi connectivity index (χ0) is 23.4. The molecule has 0 spiro atoms. The van der Waals surface area contributed by atoms with Gasteiger partial charge in [0.25, 0.3) is 5.91 Å². The van der Waals surface area contributed by atoms with E-state index in [1.165, 1.54) is 18.9 Å². The van der Waals surface area contributed by atoms with Crippen molar-refractivity contribution in [2.75, 3.05) is 20.8 Å². The summed E-state index contributed by atoms with van der Waals surface area (Å²) in [4.78, 5) is 31.3. The van der Waals surface area contributed by atoms with Gasteiger partial charge in [-0.2, -0.15) is 0 Å². The molecule has 0 aliphatic carbocycles. The van der Waals surface area contributed by atoms with E-state index in [0.29, 0.717) is 33.7 Å². The monoisotopic (exact) mass is 462 g/mol. The molecule has 2 heterocycles. The van der Waals surface area contributed by atoms with Crippen LogP contribution in [0.2, 0.25) is 0 Å². The van der Waals surface area contributed by atoms with Gasteiger partial charge in [-0.3, -0.25) is 9.69 Å². The lowest BCUT2D eigenvalue weighted by atomic mass is 10.1. The Kier molecular flexibility index (Phi) is 6.65. The van der Waals surface area contributed by atoms with E-state index >= 15 is 0 Å². The summed E-state index contributed by atoms with van der Waals surface area (Å²) < 4.78 is 15.8. The fourth-order valence-corrected chi connectivity index (χ4v) is 4.28. The van der Waals surface area contributed by atoms with Crippen molar-refractivity contribution in [3.8, 4) is 17.1 Å². The van der Waals surface area contributed by atoms with Gasteiger partial charge in [-0.15, -0.1) is 0 Å². The topological polar surface area (TPSA) is 81.3 Å². The number of likely N-dealkylation sites (N-methyl/N-ethyl adjacent to an activating group) is 1. The molecule has 4 rings (SSSR count). The zero-order valence-corrected chi connectivity index (χ0v) is 19.2. The Morgan fingerprint density at radius 3 is 2.42 bits per heavy atom. The molecule has 33 heavy (non-hydrogen) atoms. The highest BCUT2D eigenvalue weighted by Gasteiger charge is 2.32. The van der Waals surface area contributed by atoms with Gasteiger partial charge in [0.1, 0.15) is 17.3 Å². The predicted molar refractivity (Wildman–Crippen MR) is 129 cm³/mol. The smallest absolute Gasteiger partial charge is 0.337 e. The quantitative estimate of drug-likeness (QED) is 0.362. The number of methoxy groups -OCH3 is 2. The van der Waals surface area contributed by atoms with Crippen molar-refractivity contribution in [1.29, 1.82) is 0 Å². The van der Waals surface area contributed by atoms with Crippen LogP contribution in [0, 0.1) is 0 Å². The van der Waals surface area contributed by atoms with Crippen molar-refractivity contribution in [2.45, 2.75) is 6.92 Å². The van der Waals surface area contributed by atoms with Crippen LogP contribution in [0.3, 0.4) is 0 Å². The lowest BCUT2D eigenvalue weighted by Gasteiger charge is -2.12. The first kappa shape index (κ1) is 22.4. The third-order valence-corrected chi connectivity index (χ3v) is 6.00. The number of benzene rings is 2. The molecule has 0 unspecified atom stereocenters. The SMILES string of the molecule is CCN1C(=O)/C(=C\c2ccc(-c3ccc(C(=O)OC)cc3)o2)SC1=Nc1ccc(OC)cc1. The van der Waals surface area contributed by atoms with Crippen LogP contribution in [0.1, 0.15) is 23.0 Å². The Labute approximate surface area is 195 Å². The van der Waals surface area contributed by atoms with Crippen LogP contribution in [0.25, 0.3) is 17.4 Å². The van der Waals surface area contributed by atoms with Gasteiger partial charge >= 0.3 is 5.97 Å². The number of aliphatic imine (C=N–C) groups is 1. The number of esters is 1. The van der Waals surface area contributed by atoms with Crippen molar-refractivity contribution in [2.24, 2.45) is 4.99 Å². The number of ether oxygens (including phenoxy) is 2. The van der Waals surface area contributed by atoms with Crippen LogP contribution in [-0.4, -0.2) is 42.7 Å².